The lowest BCUT2D eigenvalue weighted by molar-refractivity contribution is -0.166. The summed E-state index contributed by atoms with van der Waals surface area (Å²) in [5.74, 6) is -0.670. The van der Waals surface area contributed by atoms with Gasteiger partial charge in [-0.25, -0.2) is 14.8 Å². The van der Waals surface area contributed by atoms with Crippen molar-refractivity contribution in [3.05, 3.63) is 76.5 Å². The molecule has 5 aromatic rings. The Kier molecular flexibility index (Phi) is 8.75. The first-order valence-corrected chi connectivity index (χ1v) is 16.2. The Bertz CT molecular complexity index is 1950. The molecule has 3 aromatic heterocycles. The number of aryl methyl sites for hydroxylation is 1. The average molecular weight is 685 g/mol. The van der Waals surface area contributed by atoms with Crippen LogP contribution in [0.25, 0.3) is 31.9 Å². The van der Waals surface area contributed by atoms with Crippen molar-refractivity contribution >= 4 is 44.9 Å². The maximum absolute atomic E-state index is 13.4. The van der Waals surface area contributed by atoms with Gasteiger partial charge in [0.25, 0.3) is 0 Å². The largest absolute Gasteiger partial charge is 0.464 e. The molecule has 0 radical (unpaired) electrons. The topological polar surface area (TPSA) is 95.3 Å². The smallest absolute Gasteiger partial charge is 0.451 e. The number of carbonyl (C=O) groups is 1. The highest BCUT2D eigenvalue weighted by molar-refractivity contribution is 7.22. The number of esters is 1. The minimum Gasteiger partial charge on any atom is -0.464 e. The first-order valence-electron chi connectivity index (χ1n) is 15.0. The number of rotatable bonds is 7. The van der Waals surface area contributed by atoms with Crippen molar-refractivity contribution in [2.75, 3.05) is 18.1 Å². The van der Waals surface area contributed by atoms with E-state index in [1.807, 2.05) is 62.9 Å². The van der Waals surface area contributed by atoms with E-state index in [4.69, 9.17) is 26.1 Å². The second-order valence-electron chi connectivity index (χ2n) is 12.1. The maximum Gasteiger partial charge on any atom is 0.451 e. The van der Waals surface area contributed by atoms with Crippen molar-refractivity contribution in [3.8, 4) is 21.7 Å². The number of nitrogens with zero attached hydrogens (tertiary/aromatic N) is 6. The highest BCUT2D eigenvalue weighted by Crippen LogP contribution is 2.45. The number of ether oxygens (including phenoxy) is 2. The first-order chi connectivity index (χ1) is 22.2. The lowest BCUT2D eigenvalue weighted by Gasteiger charge is -2.29. The normalized spacial score (nSPS) is 14.4. The third-order valence-corrected chi connectivity index (χ3v) is 9.01. The van der Waals surface area contributed by atoms with Crippen LogP contribution in [0.1, 0.15) is 56.6 Å². The standard InChI is InChI=1S/C33H32ClF3N6O3S/c1-6-45-30(44)27(46-32(3,4)5)25-18(2)15-22-28(26(25)19-7-9-21(34)10-8-19)47-29(39-22)20-11-12-38-23(16-20)42-13-14-43-24(17-42)40-41-31(43)33(35,36)37/h7-12,15-16,27H,6,13-14,17H2,1-5H3/t27-/m0/s1. The molecule has 14 heteroatoms. The summed E-state index contributed by atoms with van der Waals surface area (Å²) in [5, 5.41) is 8.45. The number of carbonyl (C=O) groups excluding carboxylic acids is 1. The number of halogens is 4. The van der Waals surface area contributed by atoms with Gasteiger partial charge in [0.1, 0.15) is 10.8 Å². The Hall–Kier alpha value is -4.07. The molecule has 2 aromatic carbocycles. The van der Waals surface area contributed by atoms with E-state index in [1.54, 1.807) is 25.3 Å². The fraction of sp³-hybridized carbons (Fsp3) is 0.364. The van der Waals surface area contributed by atoms with E-state index in [0.29, 0.717) is 28.0 Å². The third kappa shape index (κ3) is 6.69. The molecule has 0 saturated heterocycles. The molecule has 9 nitrogen and oxygen atoms in total. The Morgan fingerprint density at radius 3 is 2.49 bits per heavy atom. The molecule has 4 heterocycles. The molecule has 0 aliphatic carbocycles. The van der Waals surface area contributed by atoms with Crippen molar-refractivity contribution in [1.82, 2.24) is 24.7 Å². The van der Waals surface area contributed by atoms with Crippen molar-refractivity contribution in [2.24, 2.45) is 0 Å². The number of thiazole rings is 1. The molecule has 0 spiro atoms. The van der Waals surface area contributed by atoms with Gasteiger partial charge in [0.2, 0.25) is 5.82 Å². The van der Waals surface area contributed by atoms with E-state index < -0.39 is 29.7 Å². The highest BCUT2D eigenvalue weighted by atomic mass is 35.5. The van der Waals surface area contributed by atoms with Gasteiger partial charge in [-0.1, -0.05) is 23.7 Å². The Morgan fingerprint density at radius 1 is 1.06 bits per heavy atom. The van der Waals surface area contributed by atoms with Crippen LogP contribution in [0, 0.1) is 6.92 Å². The summed E-state index contributed by atoms with van der Waals surface area (Å²) in [6.07, 6.45) is -3.92. The molecule has 246 valence electrons. The van der Waals surface area contributed by atoms with E-state index >= 15 is 0 Å². The van der Waals surface area contributed by atoms with Crippen LogP contribution in [0.4, 0.5) is 19.0 Å². The number of pyridine rings is 1. The second-order valence-corrected chi connectivity index (χ2v) is 13.6. The second kappa shape index (κ2) is 12.5. The zero-order valence-electron chi connectivity index (χ0n) is 26.4. The maximum atomic E-state index is 13.4. The monoisotopic (exact) mass is 684 g/mol. The van der Waals surface area contributed by atoms with E-state index in [9.17, 15) is 18.0 Å². The van der Waals surface area contributed by atoms with Crippen LogP contribution in [0.3, 0.4) is 0 Å². The molecule has 6 rings (SSSR count). The van der Waals surface area contributed by atoms with Crippen molar-refractivity contribution in [1.29, 1.82) is 0 Å². The van der Waals surface area contributed by atoms with Gasteiger partial charge >= 0.3 is 12.1 Å². The van der Waals surface area contributed by atoms with Crippen LogP contribution >= 0.6 is 22.9 Å². The van der Waals surface area contributed by atoms with Gasteiger partial charge in [0.05, 0.1) is 29.0 Å². The van der Waals surface area contributed by atoms with Crippen LogP contribution in [-0.2, 0) is 33.5 Å². The van der Waals surface area contributed by atoms with E-state index in [2.05, 4.69) is 15.2 Å². The SMILES string of the molecule is CCOC(=O)[C@@H](OC(C)(C)C)c1c(C)cc2nc(-c3ccnc(N4CCn5c(nnc5C(F)(F)F)C4)c3)sc2c1-c1ccc(Cl)cc1. The fourth-order valence-electron chi connectivity index (χ4n) is 5.66. The summed E-state index contributed by atoms with van der Waals surface area (Å²) in [6, 6.07) is 13.1. The Morgan fingerprint density at radius 2 is 1.81 bits per heavy atom. The Labute approximate surface area is 278 Å². The highest BCUT2D eigenvalue weighted by Gasteiger charge is 2.40. The molecule has 0 bridgehead atoms. The molecule has 0 saturated carbocycles. The Balaban J connectivity index is 1.44. The predicted molar refractivity (Wildman–Crippen MR) is 174 cm³/mol. The van der Waals surface area contributed by atoms with Gasteiger partial charge in [-0.2, -0.15) is 13.2 Å². The lowest BCUT2D eigenvalue weighted by atomic mass is 9.91. The summed E-state index contributed by atoms with van der Waals surface area (Å²) in [5.41, 5.74) is 4.01. The summed E-state index contributed by atoms with van der Waals surface area (Å²) in [6.45, 7) is 10.1. The number of benzene rings is 2. The number of hydrogen-bond acceptors (Lipinski definition) is 9. The first kappa shape index (κ1) is 32.9. The van der Waals surface area contributed by atoms with Crippen LogP contribution in [0.5, 0.6) is 0 Å². The molecule has 47 heavy (non-hydrogen) atoms. The van der Waals surface area contributed by atoms with Crippen LogP contribution < -0.4 is 4.90 Å². The molecule has 0 unspecified atom stereocenters. The van der Waals surface area contributed by atoms with Crippen LogP contribution in [-0.4, -0.2) is 49.5 Å². The van der Waals surface area contributed by atoms with Gasteiger partial charge in [-0.3, -0.25) is 0 Å². The van der Waals surface area contributed by atoms with E-state index in [-0.39, 0.29) is 25.5 Å². The molecule has 1 atom stereocenters. The lowest BCUT2D eigenvalue weighted by Crippen LogP contribution is -2.35. The minimum atomic E-state index is -4.57. The average Bonchev–Trinajstić information content (AvgIpc) is 3.64. The van der Waals surface area contributed by atoms with Crippen LogP contribution in [0.15, 0.2) is 48.7 Å². The molecule has 0 N–H and O–H groups in total. The number of aromatic nitrogens is 5. The van der Waals surface area contributed by atoms with E-state index in [1.165, 1.54) is 11.3 Å². The van der Waals surface area contributed by atoms with Gasteiger partial charge in [-0.05, 0) is 76.1 Å². The molecular weight excluding hydrogens is 653 g/mol. The van der Waals surface area contributed by atoms with Gasteiger partial charge < -0.3 is 18.9 Å². The number of fused-ring (bicyclic) bond motifs is 2. The summed E-state index contributed by atoms with van der Waals surface area (Å²) in [4.78, 5) is 24.8. The number of alkyl halides is 3. The van der Waals surface area contributed by atoms with Gasteiger partial charge in [0.15, 0.2) is 11.9 Å². The zero-order valence-corrected chi connectivity index (χ0v) is 27.9. The third-order valence-electron chi connectivity index (χ3n) is 7.62. The van der Waals surface area contributed by atoms with Crippen molar-refractivity contribution in [3.63, 3.8) is 0 Å². The fourth-order valence-corrected chi connectivity index (χ4v) is 6.91. The predicted octanol–water partition coefficient (Wildman–Crippen LogP) is 8.04. The number of anilines is 1. The number of hydrogen-bond donors (Lipinski definition) is 0. The molecule has 1 aliphatic rings. The van der Waals surface area contributed by atoms with Gasteiger partial charge in [0, 0.05) is 41.0 Å². The molecule has 0 amide bonds. The summed E-state index contributed by atoms with van der Waals surface area (Å²) >= 11 is 7.72. The van der Waals surface area contributed by atoms with Crippen LogP contribution in [0.2, 0.25) is 5.02 Å². The van der Waals surface area contributed by atoms with Crippen molar-refractivity contribution < 1.29 is 27.4 Å². The quantitative estimate of drug-likeness (QED) is 0.159. The summed E-state index contributed by atoms with van der Waals surface area (Å²) in [7, 11) is 0. The zero-order chi connectivity index (χ0) is 33.7. The van der Waals surface area contributed by atoms with Crippen molar-refractivity contribution in [2.45, 2.75) is 65.6 Å². The van der Waals surface area contributed by atoms with E-state index in [0.717, 1.165) is 37.0 Å². The molecule has 1 aliphatic heterocycles. The molecular formula is C33H32ClF3N6O3S. The van der Waals surface area contributed by atoms with Gasteiger partial charge in [-0.15, -0.1) is 21.5 Å². The summed E-state index contributed by atoms with van der Waals surface area (Å²) < 4.78 is 53.9. The molecule has 0 fully saturated rings. The minimum absolute atomic E-state index is 0.0784.